The Morgan fingerprint density at radius 3 is 2.52 bits per heavy atom. The molecule has 0 fully saturated rings. The maximum Gasteiger partial charge on any atom is 0.573 e. The summed E-state index contributed by atoms with van der Waals surface area (Å²) < 4.78 is 53.9. The molecule has 1 aromatic carbocycles. The fourth-order valence-electron chi connectivity index (χ4n) is 3.20. The lowest BCUT2D eigenvalue weighted by atomic mass is 10.1. The van der Waals surface area contributed by atoms with Crippen LogP contribution in [0, 0.1) is 0 Å². The molecule has 0 radical (unpaired) electrons. The van der Waals surface area contributed by atoms with Crippen LogP contribution in [0.2, 0.25) is 0 Å². The van der Waals surface area contributed by atoms with Crippen LogP contribution in [-0.4, -0.2) is 41.7 Å². The molecule has 0 aliphatic heterocycles. The van der Waals surface area contributed by atoms with Crippen molar-refractivity contribution in [3.8, 4) is 22.8 Å². The molecule has 6 nitrogen and oxygen atoms in total. The quantitative estimate of drug-likeness (QED) is 0.583. The van der Waals surface area contributed by atoms with Gasteiger partial charge in [0.1, 0.15) is 17.0 Å². The zero-order chi connectivity index (χ0) is 21.2. The molecule has 0 saturated carbocycles. The second-order valence-corrected chi connectivity index (χ2v) is 6.46. The lowest BCUT2D eigenvalue weighted by Gasteiger charge is -2.14. The standard InChI is InChI=1S/C20H22F3N3O3/c1-5-15-18(14-7-6-13(10-16(14)28-4)29-20(21,22)23)25-19-17(24-15)12(8-9-27-3)11-26(19)2/h6-7,10-11H,5,8-9H2,1-4H3. The Morgan fingerprint density at radius 2 is 1.90 bits per heavy atom. The van der Waals surface area contributed by atoms with Crippen molar-refractivity contribution in [2.45, 2.75) is 26.1 Å². The van der Waals surface area contributed by atoms with Gasteiger partial charge in [0.05, 0.1) is 25.1 Å². The van der Waals surface area contributed by atoms with Crippen LogP contribution in [0.15, 0.2) is 24.4 Å². The highest BCUT2D eigenvalue weighted by Crippen LogP contribution is 2.36. The first kappa shape index (κ1) is 20.9. The maximum atomic E-state index is 12.5. The Labute approximate surface area is 166 Å². The van der Waals surface area contributed by atoms with Crippen LogP contribution >= 0.6 is 0 Å². The van der Waals surface area contributed by atoms with Crippen LogP contribution in [0.25, 0.3) is 22.4 Å². The number of aromatic nitrogens is 3. The number of aryl methyl sites for hydroxylation is 2. The van der Waals surface area contributed by atoms with Gasteiger partial charge in [0.25, 0.3) is 0 Å². The number of rotatable bonds is 7. The van der Waals surface area contributed by atoms with E-state index in [0.29, 0.717) is 36.4 Å². The fourth-order valence-corrected chi connectivity index (χ4v) is 3.20. The lowest BCUT2D eigenvalue weighted by molar-refractivity contribution is -0.274. The average molecular weight is 409 g/mol. The number of benzene rings is 1. The minimum atomic E-state index is -4.78. The zero-order valence-electron chi connectivity index (χ0n) is 16.6. The van der Waals surface area contributed by atoms with E-state index in [-0.39, 0.29) is 11.5 Å². The zero-order valence-corrected chi connectivity index (χ0v) is 16.6. The van der Waals surface area contributed by atoms with E-state index in [4.69, 9.17) is 19.4 Å². The minimum absolute atomic E-state index is 0.226. The second kappa shape index (κ2) is 8.28. The van der Waals surface area contributed by atoms with Crippen LogP contribution in [0.3, 0.4) is 0 Å². The Hall–Kier alpha value is -2.81. The van der Waals surface area contributed by atoms with Crippen LogP contribution in [0.1, 0.15) is 18.2 Å². The number of methoxy groups -OCH3 is 2. The van der Waals surface area contributed by atoms with Crippen LogP contribution < -0.4 is 9.47 Å². The van der Waals surface area contributed by atoms with Gasteiger partial charge in [-0.2, -0.15) is 0 Å². The predicted octanol–water partition coefficient (Wildman–Crippen LogP) is 4.29. The molecule has 2 aromatic heterocycles. The number of nitrogens with zero attached hydrogens (tertiary/aromatic N) is 3. The Kier molecular flexibility index (Phi) is 5.97. The summed E-state index contributed by atoms with van der Waals surface area (Å²) in [6.07, 6.45) is -1.51. The summed E-state index contributed by atoms with van der Waals surface area (Å²) in [5.74, 6) is -0.130. The van der Waals surface area contributed by atoms with Gasteiger partial charge in [-0.15, -0.1) is 13.2 Å². The largest absolute Gasteiger partial charge is 0.573 e. The predicted molar refractivity (Wildman–Crippen MR) is 102 cm³/mol. The first-order valence-corrected chi connectivity index (χ1v) is 9.05. The number of ether oxygens (including phenoxy) is 3. The van der Waals surface area contributed by atoms with E-state index in [9.17, 15) is 13.2 Å². The highest BCUT2D eigenvalue weighted by Gasteiger charge is 2.31. The Morgan fingerprint density at radius 1 is 1.14 bits per heavy atom. The molecular weight excluding hydrogens is 387 g/mol. The minimum Gasteiger partial charge on any atom is -0.496 e. The molecule has 2 heterocycles. The highest BCUT2D eigenvalue weighted by atomic mass is 19.4. The van der Waals surface area contributed by atoms with Gasteiger partial charge >= 0.3 is 6.36 Å². The molecular formula is C20H22F3N3O3. The molecule has 0 saturated heterocycles. The van der Waals surface area contributed by atoms with E-state index in [0.717, 1.165) is 16.8 Å². The van der Waals surface area contributed by atoms with Gasteiger partial charge in [-0.1, -0.05) is 6.92 Å². The van der Waals surface area contributed by atoms with E-state index in [2.05, 4.69) is 4.74 Å². The fraction of sp³-hybridized carbons (Fsp3) is 0.400. The number of fused-ring (bicyclic) bond motifs is 1. The summed E-state index contributed by atoms with van der Waals surface area (Å²) in [5.41, 5.74) is 4.34. The summed E-state index contributed by atoms with van der Waals surface area (Å²) in [4.78, 5) is 9.57. The summed E-state index contributed by atoms with van der Waals surface area (Å²) >= 11 is 0. The van der Waals surface area contributed by atoms with Gasteiger partial charge in [-0.25, -0.2) is 9.97 Å². The van der Waals surface area contributed by atoms with E-state index in [1.807, 2.05) is 24.7 Å². The number of hydrogen-bond donors (Lipinski definition) is 0. The van der Waals surface area contributed by atoms with Gasteiger partial charge in [-0.3, -0.25) is 0 Å². The molecule has 0 N–H and O–H groups in total. The number of alkyl halides is 3. The van der Waals surface area contributed by atoms with Crippen molar-refractivity contribution in [1.29, 1.82) is 0 Å². The smallest absolute Gasteiger partial charge is 0.496 e. The van der Waals surface area contributed by atoms with Crippen LogP contribution in [-0.2, 0) is 24.6 Å². The van der Waals surface area contributed by atoms with Crippen molar-refractivity contribution >= 4 is 11.2 Å². The molecule has 156 valence electrons. The molecule has 29 heavy (non-hydrogen) atoms. The molecule has 9 heteroatoms. The van der Waals surface area contributed by atoms with Crippen molar-refractivity contribution in [3.05, 3.63) is 35.7 Å². The maximum absolute atomic E-state index is 12.5. The molecule has 0 unspecified atom stereocenters. The van der Waals surface area contributed by atoms with Crippen molar-refractivity contribution in [3.63, 3.8) is 0 Å². The third kappa shape index (κ3) is 4.45. The average Bonchev–Trinajstić information content (AvgIpc) is 2.98. The van der Waals surface area contributed by atoms with Gasteiger partial charge in [0.15, 0.2) is 5.65 Å². The highest BCUT2D eigenvalue weighted by molar-refractivity contribution is 5.81. The molecule has 0 aliphatic carbocycles. The van der Waals surface area contributed by atoms with E-state index < -0.39 is 6.36 Å². The lowest BCUT2D eigenvalue weighted by Crippen LogP contribution is -2.17. The monoisotopic (exact) mass is 409 g/mol. The van der Waals surface area contributed by atoms with Crippen LogP contribution in [0.5, 0.6) is 11.5 Å². The first-order chi connectivity index (χ1) is 13.8. The van der Waals surface area contributed by atoms with E-state index >= 15 is 0 Å². The van der Waals surface area contributed by atoms with Crippen LogP contribution in [0.4, 0.5) is 13.2 Å². The molecule has 0 amide bonds. The SMILES string of the molecule is CCc1nc2c(CCOC)cn(C)c2nc1-c1ccc(OC(F)(F)F)cc1OC. The molecule has 0 bridgehead atoms. The number of halogens is 3. The summed E-state index contributed by atoms with van der Waals surface area (Å²) in [6.45, 7) is 2.52. The third-order valence-corrected chi connectivity index (χ3v) is 4.51. The molecule has 0 atom stereocenters. The van der Waals surface area contributed by atoms with Gasteiger partial charge < -0.3 is 18.8 Å². The van der Waals surface area contributed by atoms with Gasteiger partial charge in [-0.05, 0) is 25.0 Å². The second-order valence-electron chi connectivity index (χ2n) is 6.46. The van der Waals surface area contributed by atoms with Crippen molar-refractivity contribution in [2.75, 3.05) is 20.8 Å². The number of hydrogen-bond acceptors (Lipinski definition) is 5. The summed E-state index contributed by atoms with van der Waals surface area (Å²) in [5, 5.41) is 0. The first-order valence-electron chi connectivity index (χ1n) is 9.05. The van der Waals surface area contributed by atoms with Gasteiger partial charge in [0, 0.05) is 37.5 Å². The third-order valence-electron chi connectivity index (χ3n) is 4.51. The topological polar surface area (TPSA) is 58.4 Å². The summed E-state index contributed by atoms with van der Waals surface area (Å²) in [7, 11) is 4.91. The van der Waals surface area contributed by atoms with Crippen molar-refractivity contribution in [2.24, 2.45) is 7.05 Å². The van der Waals surface area contributed by atoms with E-state index in [1.165, 1.54) is 25.3 Å². The normalized spacial score (nSPS) is 11.8. The molecule has 3 rings (SSSR count). The Bertz CT molecular complexity index is 1020. The van der Waals surface area contributed by atoms with E-state index in [1.54, 1.807) is 7.11 Å². The molecule has 3 aromatic rings. The molecule has 0 aliphatic rings. The Balaban J connectivity index is 2.12. The van der Waals surface area contributed by atoms with Crippen molar-refractivity contribution < 1.29 is 27.4 Å². The van der Waals surface area contributed by atoms with Crippen molar-refractivity contribution in [1.82, 2.24) is 14.5 Å². The molecule has 0 spiro atoms. The summed E-state index contributed by atoms with van der Waals surface area (Å²) in [6, 6.07) is 3.94. The van der Waals surface area contributed by atoms with Gasteiger partial charge in [0.2, 0.25) is 0 Å².